The van der Waals surface area contributed by atoms with Gasteiger partial charge in [0, 0.05) is 4.88 Å². The Morgan fingerprint density at radius 3 is 2.77 bits per heavy atom. The predicted molar refractivity (Wildman–Crippen MR) is 127 cm³/mol. The third-order valence-electron chi connectivity index (χ3n) is 4.46. The van der Waals surface area contributed by atoms with Gasteiger partial charge in [-0.25, -0.2) is 0 Å². The van der Waals surface area contributed by atoms with Crippen molar-refractivity contribution in [2.75, 3.05) is 13.2 Å². The van der Waals surface area contributed by atoms with Crippen LogP contribution in [0.3, 0.4) is 0 Å². The SMILES string of the molecule is CCCCOc1ccc(C=c2sc3nc(C=Cc4cccs4)nn3c2=O)cc1OCC. The second kappa shape index (κ2) is 9.89. The lowest BCUT2D eigenvalue weighted by Crippen LogP contribution is -2.23. The number of aromatic nitrogens is 3. The molecule has 3 heterocycles. The largest absolute Gasteiger partial charge is 0.490 e. The monoisotopic (exact) mass is 453 g/mol. The van der Waals surface area contributed by atoms with Crippen molar-refractivity contribution in [2.24, 2.45) is 0 Å². The van der Waals surface area contributed by atoms with Crippen molar-refractivity contribution in [3.8, 4) is 11.5 Å². The van der Waals surface area contributed by atoms with Gasteiger partial charge in [0.05, 0.1) is 17.7 Å². The molecule has 0 aliphatic rings. The van der Waals surface area contributed by atoms with Gasteiger partial charge in [0.1, 0.15) is 0 Å². The van der Waals surface area contributed by atoms with E-state index < -0.39 is 0 Å². The number of rotatable bonds is 9. The maximum absolute atomic E-state index is 12.8. The van der Waals surface area contributed by atoms with Crippen LogP contribution in [0.5, 0.6) is 11.5 Å². The number of thiophene rings is 1. The molecule has 3 aromatic heterocycles. The van der Waals surface area contributed by atoms with Crippen molar-refractivity contribution in [3.63, 3.8) is 0 Å². The molecule has 0 atom stereocenters. The fourth-order valence-corrected chi connectivity index (χ4v) is 4.47. The van der Waals surface area contributed by atoms with Gasteiger partial charge < -0.3 is 9.47 Å². The molecule has 31 heavy (non-hydrogen) atoms. The number of fused-ring (bicyclic) bond motifs is 1. The summed E-state index contributed by atoms with van der Waals surface area (Å²) >= 11 is 2.96. The molecule has 4 aromatic rings. The van der Waals surface area contributed by atoms with Crippen LogP contribution in [0.25, 0.3) is 23.2 Å². The summed E-state index contributed by atoms with van der Waals surface area (Å²) in [6.45, 7) is 5.26. The number of benzene rings is 1. The minimum Gasteiger partial charge on any atom is -0.490 e. The Balaban J connectivity index is 1.61. The lowest BCUT2D eigenvalue weighted by Gasteiger charge is -2.12. The Kier molecular flexibility index (Phi) is 6.79. The maximum Gasteiger partial charge on any atom is 0.291 e. The lowest BCUT2D eigenvalue weighted by molar-refractivity contribution is 0.272. The summed E-state index contributed by atoms with van der Waals surface area (Å²) < 4.78 is 13.5. The van der Waals surface area contributed by atoms with E-state index in [1.165, 1.54) is 15.9 Å². The fourth-order valence-electron chi connectivity index (χ4n) is 2.94. The number of nitrogens with zero attached hydrogens (tertiary/aromatic N) is 3. The molecule has 4 rings (SSSR count). The first-order valence-electron chi connectivity index (χ1n) is 10.2. The molecule has 0 aliphatic heterocycles. The van der Waals surface area contributed by atoms with E-state index in [0.29, 0.717) is 34.3 Å². The van der Waals surface area contributed by atoms with E-state index in [0.717, 1.165) is 29.0 Å². The zero-order valence-electron chi connectivity index (χ0n) is 17.4. The minimum atomic E-state index is -0.176. The van der Waals surface area contributed by atoms with Crippen LogP contribution in [0, 0.1) is 0 Å². The average Bonchev–Trinajstić information content (AvgIpc) is 3.48. The maximum atomic E-state index is 12.8. The molecule has 0 saturated carbocycles. The molecule has 6 nitrogen and oxygen atoms in total. The number of unbranched alkanes of at least 4 members (excludes halogenated alkanes) is 1. The third-order valence-corrected chi connectivity index (χ3v) is 6.26. The van der Waals surface area contributed by atoms with Crippen LogP contribution < -0.4 is 19.6 Å². The first kappa shape index (κ1) is 21.3. The standard InChI is InChI=1S/C23H23N3O3S2/c1-3-5-12-29-18-10-8-16(14-19(18)28-4-2)15-20-22(27)26-23(31-20)24-21(25-26)11-9-17-7-6-13-30-17/h6-11,13-15H,3-5,12H2,1-2H3. The number of hydrogen-bond donors (Lipinski definition) is 0. The highest BCUT2D eigenvalue weighted by Crippen LogP contribution is 2.29. The minimum absolute atomic E-state index is 0.176. The molecule has 0 fully saturated rings. The first-order valence-corrected chi connectivity index (χ1v) is 11.9. The van der Waals surface area contributed by atoms with Crippen LogP contribution in [-0.2, 0) is 0 Å². The molecule has 1 aromatic carbocycles. The van der Waals surface area contributed by atoms with Gasteiger partial charge in [-0.1, -0.05) is 36.8 Å². The molecule has 0 saturated heterocycles. The molecular formula is C23H23N3O3S2. The molecule has 0 aliphatic carbocycles. The number of thiazole rings is 1. The van der Waals surface area contributed by atoms with Crippen LogP contribution in [-0.4, -0.2) is 27.8 Å². The highest BCUT2D eigenvalue weighted by molar-refractivity contribution is 7.15. The van der Waals surface area contributed by atoms with Crippen molar-refractivity contribution in [2.45, 2.75) is 26.7 Å². The van der Waals surface area contributed by atoms with Crippen molar-refractivity contribution in [3.05, 3.63) is 66.9 Å². The van der Waals surface area contributed by atoms with Gasteiger partial charge in [0.15, 0.2) is 17.3 Å². The number of hydrogen-bond acceptors (Lipinski definition) is 7. The third kappa shape index (κ3) is 5.03. The zero-order valence-corrected chi connectivity index (χ0v) is 19.0. The summed E-state index contributed by atoms with van der Waals surface area (Å²) in [5.41, 5.74) is 0.690. The normalized spacial score (nSPS) is 12.3. The van der Waals surface area contributed by atoms with Crippen molar-refractivity contribution >= 4 is 45.9 Å². The van der Waals surface area contributed by atoms with E-state index in [-0.39, 0.29) is 5.56 Å². The van der Waals surface area contributed by atoms with Crippen molar-refractivity contribution in [1.82, 2.24) is 14.6 Å². The molecule has 160 valence electrons. The molecule has 8 heteroatoms. The molecule has 0 N–H and O–H groups in total. The van der Waals surface area contributed by atoms with Crippen LogP contribution in [0.4, 0.5) is 0 Å². The fraction of sp³-hybridized carbons (Fsp3) is 0.261. The molecule has 0 amide bonds. The van der Waals surface area contributed by atoms with Crippen LogP contribution in [0.1, 0.15) is 43.0 Å². The summed E-state index contributed by atoms with van der Waals surface area (Å²) in [6.07, 6.45) is 7.66. The zero-order chi connectivity index (χ0) is 21.6. The van der Waals surface area contributed by atoms with Crippen molar-refractivity contribution < 1.29 is 9.47 Å². The smallest absolute Gasteiger partial charge is 0.291 e. The summed E-state index contributed by atoms with van der Waals surface area (Å²) in [6, 6.07) is 9.72. The summed E-state index contributed by atoms with van der Waals surface area (Å²) in [5, 5.41) is 6.34. The van der Waals surface area contributed by atoms with E-state index in [1.807, 2.05) is 60.9 Å². The van der Waals surface area contributed by atoms with Crippen LogP contribution in [0.15, 0.2) is 40.5 Å². The second-order valence-corrected chi connectivity index (χ2v) is 8.76. The Morgan fingerprint density at radius 2 is 2.03 bits per heavy atom. The van der Waals surface area contributed by atoms with Gasteiger partial charge in [-0.2, -0.15) is 9.50 Å². The summed E-state index contributed by atoms with van der Waals surface area (Å²) in [4.78, 5) is 18.9. The van der Waals surface area contributed by atoms with E-state index in [9.17, 15) is 4.79 Å². The lowest BCUT2D eigenvalue weighted by atomic mass is 10.2. The van der Waals surface area contributed by atoms with Crippen molar-refractivity contribution in [1.29, 1.82) is 0 Å². The first-order chi connectivity index (χ1) is 15.2. The Bertz CT molecular complexity index is 1290. The predicted octanol–water partition coefficient (Wildman–Crippen LogP) is 4.51. The van der Waals surface area contributed by atoms with Gasteiger partial charge in [-0.05, 0) is 60.7 Å². The highest BCUT2D eigenvalue weighted by atomic mass is 32.1. The highest BCUT2D eigenvalue weighted by Gasteiger charge is 2.10. The quantitative estimate of drug-likeness (QED) is 0.349. The van der Waals surface area contributed by atoms with Gasteiger partial charge in [-0.15, -0.1) is 16.4 Å². The topological polar surface area (TPSA) is 65.7 Å². The second-order valence-electron chi connectivity index (χ2n) is 6.77. The average molecular weight is 454 g/mol. The van der Waals surface area contributed by atoms with Gasteiger partial charge in [-0.3, -0.25) is 4.79 Å². The molecular weight excluding hydrogens is 430 g/mol. The van der Waals surface area contributed by atoms with E-state index in [2.05, 4.69) is 17.0 Å². The van der Waals surface area contributed by atoms with Gasteiger partial charge >= 0.3 is 0 Å². The Labute approximate surface area is 188 Å². The summed E-state index contributed by atoms with van der Waals surface area (Å²) in [5.74, 6) is 1.93. The Hall–Kier alpha value is -2.97. The van der Waals surface area contributed by atoms with Crippen LogP contribution >= 0.6 is 22.7 Å². The van der Waals surface area contributed by atoms with Gasteiger partial charge in [0.2, 0.25) is 4.96 Å². The Morgan fingerprint density at radius 1 is 1.13 bits per heavy atom. The van der Waals surface area contributed by atoms with Crippen LogP contribution in [0.2, 0.25) is 0 Å². The molecule has 0 radical (unpaired) electrons. The molecule has 0 unspecified atom stereocenters. The number of ether oxygens (including phenoxy) is 2. The molecule has 0 bridgehead atoms. The van der Waals surface area contributed by atoms with E-state index in [4.69, 9.17) is 9.47 Å². The van der Waals surface area contributed by atoms with Gasteiger partial charge in [0.25, 0.3) is 5.56 Å². The van der Waals surface area contributed by atoms with E-state index >= 15 is 0 Å². The van der Waals surface area contributed by atoms with E-state index in [1.54, 1.807) is 11.3 Å². The molecule has 0 spiro atoms. The summed E-state index contributed by atoms with van der Waals surface area (Å²) in [7, 11) is 0.